The predicted molar refractivity (Wildman–Crippen MR) is 68.9 cm³/mol. The molecular weight excluding hydrogens is 214 g/mol. The Hall–Kier alpha value is -0.610. The molecule has 98 valence electrons. The van der Waals surface area contributed by atoms with Gasteiger partial charge in [0.2, 0.25) is 5.91 Å². The maximum absolute atomic E-state index is 12.1. The van der Waals surface area contributed by atoms with Crippen LogP contribution in [-0.2, 0) is 4.79 Å². The molecule has 0 bridgehead atoms. The zero-order valence-corrected chi connectivity index (χ0v) is 11.1. The fourth-order valence-electron chi connectivity index (χ4n) is 2.79. The molecule has 0 aliphatic carbocycles. The molecule has 2 saturated heterocycles. The zero-order valence-electron chi connectivity index (χ0n) is 11.1. The van der Waals surface area contributed by atoms with Crippen LogP contribution < -0.4 is 5.32 Å². The summed E-state index contributed by atoms with van der Waals surface area (Å²) in [6.45, 7) is 9.53. The highest BCUT2D eigenvalue weighted by atomic mass is 16.2. The van der Waals surface area contributed by atoms with Crippen LogP contribution in [0.1, 0.15) is 33.1 Å². The van der Waals surface area contributed by atoms with Crippen molar-refractivity contribution in [1.29, 1.82) is 0 Å². The largest absolute Gasteiger partial charge is 0.340 e. The number of carbonyl (C=O) groups excluding carboxylic acids is 1. The van der Waals surface area contributed by atoms with E-state index < -0.39 is 0 Å². The van der Waals surface area contributed by atoms with E-state index >= 15 is 0 Å². The first-order valence-corrected chi connectivity index (χ1v) is 6.94. The van der Waals surface area contributed by atoms with Gasteiger partial charge in [0.05, 0.1) is 6.04 Å². The fourth-order valence-corrected chi connectivity index (χ4v) is 2.79. The lowest BCUT2D eigenvalue weighted by molar-refractivity contribution is -0.129. The van der Waals surface area contributed by atoms with Crippen molar-refractivity contribution in [1.82, 2.24) is 15.1 Å². The van der Waals surface area contributed by atoms with Gasteiger partial charge in [-0.2, -0.15) is 0 Å². The lowest BCUT2D eigenvalue weighted by atomic mass is 10.2. The van der Waals surface area contributed by atoms with Crippen LogP contribution in [0.5, 0.6) is 0 Å². The lowest BCUT2D eigenvalue weighted by Crippen LogP contribution is -2.43. The van der Waals surface area contributed by atoms with Crippen molar-refractivity contribution in [3.05, 3.63) is 0 Å². The van der Waals surface area contributed by atoms with Gasteiger partial charge < -0.3 is 15.1 Å². The molecular formula is C13H25N3O. The molecule has 1 unspecified atom stereocenters. The molecule has 2 fully saturated rings. The summed E-state index contributed by atoms with van der Waals surface area (Å²) in [6, 6.07) is 0.455. The molecule has 2 aliphatic rings. The number of amides is 1. The van der Waals surface area contributed by atoms with Gasteiger partial charge in [0.25, 0.3) is 0 Å². The van der Waals surface area contributed by atoms with Crippen LogP contribution in [-0.4, -0.2) is 60.5 Å². The Morgan fingerprint density at radius 1 is 1.24 bits per heavy atom. The molecule has 0 aromatic heterocycles. The first-order valence-electron chi connectivity index (χ1n) is 6.94. The summed E-state index contributed by atoms with van der Waals surface area (Å²) in [5.74, 6) is 0.304. The van der Waals surface area contributed by atoms with E-state index in [1.807, 2.05) is 4.90 Å². The van der Waals surface area contributed by atoms with Crippen molar-refractivity contribution >= 4 is 5.91 Å². The molecule has 0 aromatic rings. The van der Waals surface area contributed by atoms with E-state index in [0.29, 0.717) is 11.9 Å². The minimum Gasteiger partial charge on any atom is -0.340 e. The highest BCUT2D eigenvalue weighted by Crippen LogP contribution is 2.13. The summed E-state index contributed by atoms with van der Waals surface area (Å²) < 4.78 is 0. The molecule has 2 heterocycles. The van der Waals surface area contributed by atoms with Gasteiger partial charge in [-0.25, -0.2) is 0 Å². The Kier molecular flexibility index (Phi) is 4.40. The molecule has 4 heteroatoms. The Morgan fingerprint density at radius 2 is 1.94 bits per heavy atom. The molecule has 1 N–H and O–H groups in total. The summed E-state index contributed by atoms with van der Waals surface area (Å²) in [7, 11) is 0. The zero-order chi connectivity index (χ0) is 12.3. The van der Waals surface area contributed by atoms with Gasteiger partial charge >= 0.3 is 0 Å². The normalized spacial score (nSPS) is 26.4. The third-order valence-corrected chi connectivity index (χ3v) is 3.72. The van der Waals surface area contributed by atoms with Gasteiger partial charge in [0.1, 0.15) is 0 Å². The molecule has 0 saturated carbocycles. The van der Waals surface area contributed by atoms with Gasteiger partial charge in [-0.3, -0.25) is 4.79 Å². The second-order valence-corrected chi connectivity index (χ2v) is 5.54. The van der Waals surface area contributed by atoms with Gasteiger partial charge in [-0.05, 0) is 32.4 Å². The van der Waals surface area contributed by atoms with Crippen molar-refractivity contribution in [2.24, 2.45) is 0 Å². The Balaban J connectivity index is 1.73. The van der Waals surface area contributed by atoms with Crippen LogP contribution in [0.3, 0.4) is 0 Å². The van der Waals surface area contributed by atoms with E-state index in [1.54, 1.807) is 0 Å². The molecule has 2 rings (SSSR count). The Labute approximate surface area is 104 Å². The van der Waals surface area contributed by atoms with Crippen LogP contribution in [0.2, 0.25) is 0 Å². The standard InChI is InChI=1S/C13H25N3O/c1-11(2)14-12-5-8-16(13(12)17)10-9-15-6-3-4-7-15/h11-12,14H,3-10H2,1-2H3. The molecule has 1 atom stereocenters. The second-order valence-electron chi connectivity index (χ2n) is 5.54. The van der Waals surface area contributed by atoms with Gasteiger partial charge in [0, 0.05) is 25.7 Å². The third kappa shape index (κ3) is 3.42. The molecule has 0 radical (unpaired) electrons. The lowest BCUT2D eigenvalue weighted by Gasteiger charge is -2.21. The third-order valence-electron chi connectivity index (χ3n) is 3.72. The maximum atomic E-state index is 12.1. The summed E-state index contributed by atoms with van der Waals surface area (Å²) in [5, 5.41) is 3.34. The number of likely N-dealkylation sites (tertiary alicyclic amines) is 2. The van der Waals surface area contributed by atoms with Gasteiger partial charge in [-0.1, -0.05) is 13.8 Å². The summed E-state index contributed by atoms with van der Waals surface area (Å²) in [5.41, 5.74) is 0. The molecule has 4 nitrogen and oxygen atoms in total. The SMILES string of the molecule is CC(C)NC1CCN(CCN2CCCC2)C1=O. The number of hydrogen-bond donors (Lipinski definition) is 1. The van der Waals surface area contributed by atoms with E-state index in [1.165, 1.54) is 25.9 Å². The van der Waals surface area contributed by atoms with Crippen molar-refractivity contribution in [2.75, 3.05) is 32.7 Å². The smallest absolute Gasteiger partial charge is 0.239 e. The van der Waals surface area contributed by atoms with E-state index in [0.717, 1.165) is 26.1 Å². The quantitative estimate of drug-likeness (QED) is 0.766. The van der Waals surface area contributed by atoms with Crippen molar-refractivity contribution in [2.45, 2.75) is 45.2 Å². The second kappa shape index (κ2) is 5.83. The number of carbonyl (C=O) groups is 1. The van der Waals surface area contributed by atoms with Crippen LogP contribution >= 0.6 is 0 Å². The van der Waals surface area contributed by atoms with E-state index in [2.05, 4.69) is 24.1 Å². The van der Waals surface area contributed by atoms with Crippen LogP contribution in [0.4, 0.5) is 0 Å². The molecule has 0 spiro atoms. The van der Waals surface area contributed by atoms with E-state index in [9.17, 15) is 4.79 Å². The van der Waals surface area contributed by atoms with Crippen LogP contribution in [0, 0.1) is 0 Å². The Morgan fingerprint density at radius 3 is 2.59 bits per heavy atom. The average molecular weight is 239 g/mol. The summed E-state index contributed by atoms with van der Waals surface area (Å²) in [4.78, 5) is 16.6. The van der Waals surface area contributed by atoms with Crippen molar-refractivity contribution in [3.63, 3.8) is 0 Å². The Bertz CT molecular complexity index is 261. The highest BCUT2D eigenvalue weighted by Gasteiger charge is 2.31. The number of hydrogen-bond acceptors (Lipinski definition) is 3. The highest BCUT2D eigenvalue weighted by molar-refractivity contribution is 5.84. The maximum Gasteiger partial charge on any atom is 0.239 e. The monoisotopic (exact) mass is 239 g/mol. The molecule has 17 heavy (non-hydrogen) atoms. The number of nitrogens with one attached hydrogen (secondary N) is 1. The number of rotatable bonds is 5. The first kappa shape index (κ1) is 12.8. The van der Waals surface area contributed by atoms with Gasteiger partial charge in [0.15, 0.2) is 0 Å². The fraction of sp³-hybridized carbons (Fsp3) is 0.923. The summed E-state index contributed by atoms with van der Waals surface area (Å²) in [6.07, 6.45) is 3.62. The predicted octanol–water partition coefficient (Wildman–Crippen LogP) is 0.681. The van der Waals surface area contributed by atoms with Crippen LogP contribution in [0.15, 0.2) is 0 Å². The van der Waals surface area contributed by atoms with Crippen molar-refractivity contribution in [3.8, 4) is 0 Å². The minimum atomic E-state index is 0.0635. The van der Waals surface area contributed by atoms with Crippen molar-refractivity contribution < 1.29 is 4.79 Å². The average Bonchev–Trinajstić information content (AvgIpc) is 2.88. The summed E-state index contributed by atoms with van der Waals surface area (Å²) >= 11 is 0. The van der Waals surface area contributed by atoms with Crippen LogP contribution in [0.25, 0.3) is 0 Å². The minimum absolute atomic E-state index is 0.0635. The molecule has 2 aliphatic heterocycles. The van der Waals surface area contributed by atoms with Gasteiger partial charge in [-0.15, -0.1) is 0 Å². The number of nitrogens with zero attached hydrogens (tertiary/aromatic N) is 2. The van der Waals surface area contributed by atoms with E-state index in [-0.39, 0.29) is 6.04 Å². The molecule has 0 aromatic carbocycles. The first-order chi connectivity index (χ1) is 8.16. The topological polar surface area (TPSA) is 35.6 Å². The molecule has 1 amide bonds. The van der Waals surface area contributed by atoms with E-state index in [4.69, 9.17) is 0 Å².